The number of nitrogens with zero attached hydrogens (tertiary/aromatic N) is 4. The number of hydrogen-bond donors (Lipinski definition) is 20. The van der Waals surface area contributed by atoms with Crippen molar-refractivity contribution < 1.29 is 63.0 Å². The largest absolute Gasteiger partial charge is 0.481 e. The van der Waals surface area contributed by atoms with Gasteiger partial charge in [-0.25, -0.2) is 4.79 Å². The molecule has 0 bridgehead atoms. The van der Waals surface area contributed by atoms with Gasteiger partial charge in [-0.2, -0.15) is 25.3 Å². The van der Waals surface area contributed by atoms with Crippen molar-refractivity contribution in [2.45, 2.75) is 113 Å². The van der Waals surface area contributed by atoms with Crippen molar-refractivity contribution in [2.24, 2.45) is 55.1 Å². The normalized spacial score (nSPS) is 15.2. The summed E-state index contributed by atoms with van der Waals surface area (Å²) in [5, 5.41) is 39.5. The Hall–Kier alpha value is -8.60. The van der Waals surface area contributed by atoms with Crippen LogP contribution in [-0.4, -0.2) is 202 Å². The molecule has 33 nitrogen and oxygen atoms in total. The zero-order valence-corrected chi connectivity index (χ0v) is 47.1. The number of aliphatic imine (C=N–C) groups is 3. The van der Waals surface area contributed by atoms with Crippen molar-refractivity contribution in [3.8, 4) is 0 Å². The molecule has 0 unspecified atom stereocenters. The molecule has 2 aromatic rings. The molecule has 9 amide bonds. The van der Waals surface area contributed by atoms with Crippen LogP contribution in [0.3, 0.4) is 0 Å². The molecule has 8 atom stereocenters. The van der Waals surface area contributed by atoms with Crippen LogP contribution in [0.2, 0.25) is 0 Å². The number of carboxylic acids is 2. The maximum absolute atomic E-state index is 14.7. The number of rotatable bonds is 36. The van der Waals surface area contributed by atoms with E-state index in [-0.39, 0.29) is 101 Å². The Morgan fingerprint density at radius 2 is 1.11 bits per heavy atom. The zero-order chi connectivity index (χ0) is 61.8. The number of amides is 9. The molecule has 0 saturated carbocycles. The summed E-state index contributed by atoms with van der Waals surface area (Å²) in [4.78, 5) is 162. The van der Waals surface area contributed by atoms with E-state index in [4.69, 9.17) is 40.1 Å². The number of hydrogen-bond acceptors (Lipinski definition) is 17. The Balaban J connectivity index is 1.76. The summed E-state index contributed by atoms with van der Waals surface area (Å²) < 4.78 is 0. The smallest absolute Gasteiger partial charge is 0.326 e. The average molecular weight is 1210 g/mol. The second kappa shape index (κ2) is 35.3. The second-order valence-electron chi connectivity index (χ2n) is 18.9. The Morgan fingerprint density at radius 1 is 0.614 bits per heavy atom. The fraction of sp³-hybridized carbons (Fsp3) is 0.542. The van der Waals surface area contributed by atoms with E-state index in [1.807, 2.05) is 0 Å². The van der Waals surface area contributed by atoms with E-state index in [1.165, 1.54) is 4.90 Å². The summed E-state index contributed by atoms with van der Waals surface area (Å²) in [6.07, 6.45) is 1.45. The molecule has 1 aliphatic heterocycles. The van der Waals surface area contributed by atoms with Crippen LogP contribution in [0.5, 0.6) is 0 Å². The topological polar surface area (TPSA) is 563 Å². The monoisotopic (exact) mass is 1200 g/mol. The van der Waals surface area contributed by atoms with E-state index >= 15 is 0 Å². The summed E-state index contributed by atoms with van der Waals surface area (Å²) in [7, 11) is 0. The van der Waals surface area contributed by atoms with Crippen LogP contribution in [0.15, 0.2) is 45.4 Å². The SMILES string of the molecule is NC(N)=NCCC[C@H](NC(=O)[C@H](CS)NC(=O)[C@@H]1CCCN1C(=O)[C@H](Cc1c[nH]c2ccccc12)NC(=O)[C@H](CC(=O)O)NC(=O)CNC(=O)[C@H](CCCN=C(N)N)NC(=O)CNC(=O)[C@H](CS)NC(=O)[C@@H](N)CCCN=C(N)N)C(=O)O. The second-order valence-corrected chi connectivity index (χ2v) is 19.7. The highest BCUT2D eigenvalue weighted by Crippen LogP contribution is 2.23. The Kier molecular flexibility index (Phi) is 29.2. The fourth-order valence-corrected chi connectivity index (χ4v) is 8.86. The van der Waals surface area contributed by atoms with Crippen molar-refractivity contribution in [1.82, 2.24) is 52.4 Å². The number of fused-ring (bicyclic) bond motifs is 1. The molecule has 0 radical (unpaired) electrons. The lowest BCUT2D eigenvalue weighted by molar-refractivity contribution is -0.144. The van der Waals surface area contributed by atoms with Crippen LogP contribution >= 0.6 is 25.3 Å². The highest BCUT2D eigenvalue weighted by molar-refractivity contribution is 7.80. The number of thiol groups is 2. The number of aromatic amines is 1. The first-order valence-electron chi connectivity index (χ1n) is 26.1. The predicted molar refractivity (Wildman–Crippen MR) is 310 cm³/mol. The van der Waals surface area contributed by atoms with Gasteiger partial charge in [0.1, 0.15) is 42.3 Å². The van der Waals surface area contributed by atoms with Crippen molar-refractivity contribution in [3.05, 3.63) is 36.0 Å². The Morgan fingerprint density at radius 3 is 1.66 bits per heavy atom. The van der Waals surface area contributed by atoms with Crippen molar-refractivity contribution in [1.29, 1.82) is 0 Å². The van der Waals surface area contributed by atoms with Gasteiger partial charge in [-0.05, 0) is 63.0 Å². The number of nitrogens with two attached hydrogens (primary N) is 7. The Bertz CT molecular complexity index is 2700. The van der Waals surface area contributed by atoms with Gasteiger partial charge in [-0.3, -0.25) is 62.9 Å². The molecule has 458 valence electrons. The third-order valence-corrected chi connectivity index (χ3v) is 13.3. The van der Waals surface area contributed by atoms with Crippen LogP contribution < -0.4 is 82.7 Å². The number of carbonyl (C=O) groups excluding carboxylic acids is 9. The molecule has 25 N–H and O–H groups in total. The standard InChI is InChI=1S/C48H76N20O13S2/c49-26(8-3-13-56-46(50)51)38(73)66-32(22-82)40(75)61-20-35(69)62-28(10-4-14-57-47(52)53)39(74)60-21-36(70)63-30(18-37(71)72)41(76)65-31(17-24-19-59-27-9-2-1-7-25(24)27)44(79)68-16-6-12-34(68)43(78)67-33(23-83)42(77)64-29(45(80)81)11-5-15-58-48(54)55/h1-2,7,9,19,26,28-34,59,82-83H,3-6,8,10-18,20-23,49H2,(H,60,74)(H,61,75)(H,62,69)(H,63,70)(H,64,77)(H,65,76)(H,66,73)(H,67,78)(H,71,72)(H,80,81)(H4,50,51,56)(H4,52,53,57)(H4,54,55,58)/t26-,28-,29-,30-,31-,32-,33-,34-/m0/s1. The first-order chi connectivity index (χ1) is 39.3. The first-order valence-corrected chi connectivity index (χ1v) is 27.4. The van der Waals surface area contributed by atoms with Crippen LogP contribution in [-0.2, 0) is 59.2 Å². The highest BCUT2D eigenvalue weighted by atomic mass is 32.1. The van der Waals surface area contributed by atoms with Gasteiger partial charge in [-0.15, -0.1) is 0 Å². The molecule has 0 aliphatic carbocycles. The minimum atomic E-state index is -1.86. The predicted octanol–water partition coefficient (Wildman–Crippen LogP) is -7.25. The molecular weight excluding hydrogens is 1130 g/mol. The van der Waals surface area contributed by atoms with Crippen LogP contribution in [0.25, 0.3) is 10.9 Å². The number of aromatic nitrogens is 1. The molecule has 83 heavy (non-hydrogen) atoms. The molecule has 35 heteroatoms. The molecule has 0 spiro atoms. The van der Waals surface area contributed by atoms with Gasteiger partial charge in [0.05, 0.1) is 25.6 Å². The summed E-state index contributed by atoms with van der Waals surface area (Å²) in [5.74, 6) is -12.0. The summed E-state index contributed by atoms with van der Waals surface area (Å²) in [6.45, 7) is -1.25. The quantitative estimate of drug-likeness (QED) is 0.0130. The third kappa shape index (κ3) is 24.2. The lowest BCUT2D eigenvalue weighted by Crippen LogP contribution is -2.59. The van der Waals surface area contributed by atoms with E-state index < -0.39 is 133 Å². The number of H-pyrrole nitrogens is 1. The van der Waals surface area contributed by atoms with Gasteiger partial charge in [-0.1, -0.05) is 18.2 Å². The molecule has 1 aromatic carbocycles. The van der Waals surface area contributed by atoms with Crippen molar-refractivity contribution in [3.63, 3.8) is 0 Å². The highest BCUT2D eigenvalue weighted by Gasteiger charge is 2.40. The number of guanidine groups is 3. The van der Waals surface area contributed by atoms with E-state index in [0.29, 0.717) is 29.3 Å². The van der Waals surface area contributed by atoms with Crippen LogP contribution in [0.1, 0.15) is 63.4 Å². The van der Waals surface area contributed by atoms with Gasteiger partial charge in [0.2, 0.25) is 53.2 Å². The molecular formula is C48H76N20O13S2. The van der Waals surface area contributed by atoms with Gasteiger partial charge in [0.15, 0.2) is 17.9 Å². The van der Waals surface area contributed by atoms with Crippen molar-refractivity contribution in [2.75, 3.05) is 50.8 Å². The van der Waals surface area contributed by atoms with E-state index in [2.05, 4.69) is 87.8 Å². The van der Waals surface area contributed by atoms with Gasteiger partial charge >= 0.3 is 11.9 Å². The van der Waals surface area contributed by atoms with Gasteiger partial charge in [0.25, 0.3) is 0 Å². The van der Waals surface area contributed by atoms with Crippen LogP contribution in [0.4, 0.5) is 0 Å². The van der Waals surface area contributed by atoms with E-state index in [1.54, 1.807) is 30.5 Å². The first kappa shape index (κ1) is 68.7. The van der Waals surface area contributed by atoms with Gasteiger partial charge < -0.3 is 103 Å². The summed E-state index contributed by atoms with van der Waals surface area (Å²) in [6, 6.07) is -3.93. The zero-order valence-electron chi connectivity index (χ0n) is 45.3. The minimum absolute atomic E-state index is 0.00200. The molecule has 2 heterocycles. The number of nitrogens with one attached hydrogen (secondary N) is 9. The summed E-state index contributed by atoms with van der Waals surface area (Å²) >= 11 is 8.30. The van der Waals surface area contributed by atoms with Crippen molar-refractivity contribution >= 4 is 119 Å². The number of likely N-dealkylation sites (tertiary alicyclic amines) is 1. The Labute approximate surface area is 487 Å². The number of carbonyl (C=O) groups is 11. The van der Waals surface area contributed by atoms with E-state index in [9.17, 15) is 63.0 Å². The van der Waals surface area contributed by atoms with E-state index in [0.717, 1.165) is 0 Å². The average Bonchev–Trinajstić information content (AvgIpc) is 3.75. The number of benzene rings is 1. The maximum Gasteiger partial charge on any atom is 0.326 e. The maximum atomic E-state index is 14.7. The number of aliphatic carboxylic acids is 2. The lowest BCUT2D eigenvalue weighted by Gasteiger charge is -2.30. The third-order valence-electron chi connectivity index (χ3n) is 12.5. The lowest BCUT2D eigenvalue weighted by atomic mass is 10.0. The minimum Gasteiger partial charge on any atom is -0.481 e. The molecule has 1 aliphatic rings. The van der Waals surface area contributed by atoms with Crippen LogP contribution in [0, 0.1) is 0 Å². The number of carboxylic acid groups (broad SMARTS) is 2. The fourth-order valence-electron chi connectivity index (χ4n) is 8.34. The van der Waals surface area contributed by atoms with Gasteiger partial charge in [0, 0.05) is 61.2 Å². The molecule has 3 rings (SSSR count). The number of para-hydroxylation sites is 1. The molecule has 1 saturated heterocycles. The summed E-state index contributed by atoms with van der Waals surface area (Å²) in [5.41, 5.74) is 39.2. The molecule has 1 aromatic heterocycles. The molecule has 1 fully saturated rings.